The van der Waals surface area contributed by atoms with Crippen molar-refractivity contribution in [3.63, 3.8) is 0 Å². The maximum absolute atomic E-state index is 15.0. The number of carbonyl (C=O) groups is 12. The van der Waals surface area contributed by atoms with Crippen molar-refractivity contribution < 1.29 is 83.1 Å². The van der Waals surface area contributed by atoms with Crippen molar-refractivity contribution in [2.45, 2.75) is 81.2 Å². The normalized spacial score (nSPS) is 13.5. The Bertz CT molecular complexity index is 2610. The van der Waals surface area contributed by atoms with Crippen molar-refractivity contribution in [2.75, 3.05) is 5.75 Å². The lowest BCUT2D eigenvalue weighted by atomic mass is 9.84. The van der Waals surface area contributed by atoms with Crippen molar-refractivity contribution in [3.05, 3.63) is 108 Å². The monoisotopic (exact) mass is 1020 g/mol. The van der Waals surface area contributed by atoms with E-state index < -0.39 is 151 Å². The molecule has 0 bridgehead atoms. The number of H-pyrrole nitrogens is 1. The number of carboxylic acids is 5. The fourth-order valence-electron chi connectivity index (χ4n) is 7.54. The van der Waals surface area contributed by atoms with Crippen molar-refractivity contribution in [3.8, 4) is 0 Å². The highest BCUT2D eigenvalue weighted by Gasteiger charge is 2.40. The molecule has 6 amide bonds. The second-order valence-electron chi connectivity index (χ2n) is 16.2. The topological polar surface area (TPSA) is 394 Å². The van der Waals surface area contributed by atoms with E-state index in [0.29, 0.717) is 27.6 Å². The van der Waals surface area contributed by atoms with Gasteiger partial charge in [-0.1, -0.05) is 78.9 Å². The van der Waals surface area contributed by atoms with Gasteiger partial charge in [0.05, 0.1) is 6.42 Å². The number of carbonyl (C=O) groups excluding carboxylic acids is 7. The molecule has 3 aromatic carbocycles. The van der Waals surface area contributed by atoms with Gasteiger partial charge in [0.1, 0.15) is 36.3 Å². The number of amides is 6. The van der Waals surface area contributed by atoms with Crippen LogP contribution in [0.5, 0.6) is 0 Å². The van der Waals surface area contributed by atoms with Crippen LogP contribution in [-0.2, 0) is 64.0 Å². The van der Waals surface area contributed by atoms with E-state index in [1.807, 2.05) is 0 Å². The lowest BCUT2D eigenvalue weighted by Gasteiger charge is -2.32. The van der Waals surface area contributed by atoms with Crippen LogP contribution in [-0.4, -0.2) is 144 Å². The number of fused-ring (bicyclic) bond motifs is 1. The van der Waals surface area contributed by atoms with Crippen LogP contribution < -0.4 is 31.9 Å². The summed E-state index contributed by atoms with van der Waals surface area (Å²) in [7, 11) is 0. The third kappa shape index (κ3) is 16.0. The molecule has 0 aliphatic heterocycles. The Balaban J connectivity index is 1.83. The Kier molecular flexibility index (Phi) is 20.5. The quantitative estimate of drug-likeness (QED) is 0.0195. The standard InChI is InChI=1S/C47H51N7O17S/c1-23(55)49-33(20-36(58)59)42(63)52-32(19-28(45(66)67)46(68)69)43(64)54-38(37(24-10-4-2-5-11-24)25-12-6-3-7-13-25)44(65)50-30(16-17-35(56)57)40(61)51-31(41(62)53-34(22-72)39(60)47(70)71)18-26-21-48-29-15-9-8-14-27(26)29/h2-15,21,28,30-34,37-38,48,72H,16-20,22H2,1H3,(H,49,55)(H,50,65)(H,51,61)(H,52,63)(H,53,62)(H,54,64)(H,56,57)(H,58,59)(H,66,67)(H,68,69)(H,70,71)/t30-,31-,32+,33-,34-,38-/m0/s1. The number of thiol groups is 1. The second kappa shape index (κ2) is 26.4. The lowest BCUT2D eigenvalue weighted by Crippen LogP contribution is -2.61. The number of hydrogen-bond acceptors (Lipinski definition) is 13. The highest BCUT2D eigenvalue weighted by atomic mass is 32.1. The van der Waals surface area contributed by atoms with Crippen molar-refractivity contribution in [2.24, 2.45) is 5.92 Å². The first-order valence-electron chi connectivity index (χ1n) is 21.8. The molecule has 0 saturated heterocycles. The number of aliphatic carboxylic acids is 5. The largest absolute Gasteiger partial charge is 0.481 e. The molecule has 12 N–H and O–H groups in total. The number of hydrogen-bond donors (Lipinski definition) is 13. The summed E-state index contributed by atoms with van der Waals surface area (Å²) < 4.78 is 0. The highest BCUT2D eigenvalue weighted by molar-refractivity contribution is 7.80. The summed E-state index contributed by atoms with van der Waals surface area (Å²) in [5.74, 6) is -21.6. The minimum atomic E-state index is -2.39. The third-order valence-electron chi connectivity index (χ3n) is 11.0. The van der Waals surface area contributed by atoms with E-state index in [-0.39, 0.29) is 6.42 Å². The number of ketones is 1. The molecule has 1 heterocycles. The summed E-state index contributed by atoms with van der Waals surface area (Å²) in [6.45, 7) is 0.944. The number of nitrogens with one attached hydrogen (secondary N) is 7. The maximum Gasteiger partial charge on any atom is 0.374 e. The Morgan fingerprint density at radius 1 is 0.556 bits per heavy atom. The van der Waals surface area contributed by atoms with E-state index in [1.54, 1.807) is 84.9 Å². The minimum Gasteiger partial charge on any atom is -0.481 e. The summed E-state index contributed by atoms with van der Waals surface area (Å²) in [5, 5.41) is 62.5. The van der Waals surface area contributed by atoms with Gasteiger partial charge in [-0.2, -0.15) is 12.6 Å². The molecule has 6 atom stereocenters. The number of para-hydroxylation sites is 1. The molecule has 1 aromatic heterocycles. The summed E-state index contributed by atoms with van der Waals surface area (Å²) in [6.07, 6.45) is -2.49. The molecule has 25 heteroatoms. The van der Waals surface area contributed by atoms with Gasteiger partial charge < -0.3 is 62.4 Å². The van der Waals surface area contributed by atoms with Crippen molar-refractivity contribution in [1.82, 2.24) is 36.9 Å². The van der Waals surface area contributed by atoms with Gasteiger partial charge in [0.25, 0.3) is 5.78 Å². The first kappa shape index (κ1) is 56.0. The van der Waals surface area contributed by atoms with Gasteiger partial charge in [-0.05, 0) is 29.2 Å². The van der Waals surface area contributed by atoms with Crippen LogP contribution >= 0.6 is 12.6 Å². The van der Waals surface area contributed by atoms with Gasteiger partial charge in [0.15, 0.2) is 5.92 Å². The number of carboxylic acid groups (broad SMARTS) is 5. The van der Waals surface area contributed by atoms with Crippen LogP contribution in [0.1, 0.15) is 55.2 Å². The fourth-order valence-corrected chi connectivity index (χ4v) is 7.80. The van der Waals surface area contributed by atoms with Crippen LogP contribution in [0, 0.1) is 5.92 Å². The van der Waals surface area contributed by atoms with Gasteiger partial charge in [0.2, 0.25) is 35.4 Å². The van der Waals surface area contributed by atoms with Crippen LogP contribution in [0.3, 0.4) is 0 Å². The zero-order chi connectivity index (χ0) is 53.2. The zero-order valence-electron chi connectivity index (χ0n) is 38.1. The van der Waals surface area contributed by atoms with Crippen molar-refractivity contribution >= 4 is 94.6 Å². The Morgan fingerprint density at radius 2 is 1.06 bits per heavy atom. The second-order valence-corrected chi connectivity index (χ2v) is 16.6. The fraction of sp³-hybridized carbons (Fsp3) is 0.319. The van der Waals surface area contributed by atoms with Gasteiger partial charge in [-0.25, -0.2) is 4.79 Å². The van der Waals surface area contributed by atoms with Gasteiger partial charge in [0, 0.05) is 55.0 Å². The van der Waals surface area contributed by atoms with E-state index in [2.05, 4.69) is 49.5 Å². The van der Waals surface area contributed by atoms with E-state index in [0.717, 1.165) is 6.92 Å². The molecular formula is C47H51N7O17S. The van der Waals surface area contributed by atoms with E-state index in [4.69, 9.17) is 0 Å². The maximum atomic E-state index is 15.0. The van der Waals surface area contributed by atoms with Crippen LogP contribution in [0.4, 0.5) is 0 Å². The molecule has 0 saturated carbocycles. The Hall–Kier alpha value is -8.61. The number of rotatable bonds is 28. The number of Topliss-reactive ketones (excluding diaryl/α,β-unsaturated/α-hetero) is 1. The van der Waals surface area contributed by atoms with Gasteiger partial charge in [-0.3, -0.25) is 52.7 Å². The molecule has 24 nitrogen and oxygen atoms in total. The SMILES string of the molecule is CC(=O)N[C@@H](CC(=O)O)C(=O)N[C@H](CC(C(=O)O)C(=O)O)C(=O)N[C@H](C(=O)N[C@@H](CCC(=O)O)C(=O)N[C@@H](Cc1c[nH]c2ccccc12)C(=O)N[C@@H](CS)C(=O)C(=O)O)C(c1ccccc1)c1ccccc1. The van der Waals surface area contributed by atoms with Gasteiger partial charge in [-0.15, -0.1) is 0 Å². The molecular weight excluding hydrogens is 967 g/mol. The zero-order valence-corrected chi connectivity index (χ0v) is 39.0. The van der Waals surface area contributed by atoms with Gasteiger partial charge >= 0.3 is 29.8 Å². The predicted octanol–water partition coefficient (Wildman–Crippen LogP) is -0.430. The summed E-state index contributed by atoms with van der Waals surface area (Å²) in [6, 6.07) is 11.4. The first-order valence-corrected chi connectivity index (χ1v) is 22.5. The van der Waals surface area contributed by atoms with E-state index in [9.17, 15) is 83.1 Å². The number of aromatic amines is 1. The lowest BCUT2D eigenvalue weighted by molar-refractivity contribution is -0.156. The molecule has 4 rings (SSSR count). The smallest absolute Gasteiger partial charge is 0.374 e. The van der Waals surface area contributed by atoms with Crippen LogP contribution in [0.2, 0.25) is 0 Å². The highest BCUT2D eigenvalue weighted by Crippen LogP contribution is 2.29. The molecule has 0 spiro atoms. The molecule has 0 fully saturated rings. The molecule has 0 aliphatic rings. The molecule has 0 radical (unpaired) electrons. The summed E-state index contributed by atoms with van der Waals surface area (Å²) >= 11 is 3.99. The minimum absolute atomic E-state index is 0.319. The number of benzene rings is 3. The number of aromatic nitrogens is 1. The Morgan fingerprint density at radius 3 is 1.58 bits per heavy atom. The average molecular weight is 1020 g/mol. The molecule has 4 aromatic rings. The summed E-state index contributed by atoms with van der Waals surface area (Å²) in [5.41, 5.74) is 1.71. The first-order chi connectivity index (χ1) is 34.1. The molecule has 0 aliphatic carbocycles. The van der Waals surface area contributed by atoms with E-state index in [1.165, 1.54) is 6.20 Å². The third-order valence-corrected chi connectivity index (χ3v) is 11.4. The molecule has 382 valence electrons. The van der Waals surface area contributed by atoms with Crippen LogP contribution in [0.25, 0.3) is 10.9 Å². The van der Waals surface area contributed by atoms with E-state index >= 15 is 0 Å². The Labute approximate surface area is 414 Å². The molecule has 72 heavy (non-hydrogen) atoms. The predicted molar refractivity (Wildman–Crippen MR) is 253 cm³/mol. The summed E-state index contributed by atoms with van der Waals surface area (Å²) in [4.78, 5) is 158. The van der Waals surface area contributed by atoms with Crippen molar-refractivity contribution in [1.29, 1.82) is 0 Å². The van der Waals surface area contributed by atoms with Crippen LogP contribution in [0.15, 0.2) is 91.1 Å². The average Bonchev–Trinajstić information content (AvgIpc) is 3.74. The molecule has 0 unspecified atom stereocenters.